The summed E-state index contributed by atoms with van der Waals surface area (Å²) in [5, 5.41) is 6.95. The summed E-state index contributed by atoms with van der Waals surface area (Å²) in [6.45, 7) is 3.57. The Labute approximate surface area is 165 Å². The Morgan fingerprint density at radius 2 is 2.04 bits per heavy atom. The SMILES string of the molecule is Cc1nn(COc2ccc(Cl)cc2Cl)c(C)c1NS(=O)(=O)c1cccs1. The van der Waals surface area contributed by atoms with E-state index in [0.717, 1.165) is 11.3 Å². The number of rotatable bonds is 6. The van der Waals surface area contributed by atoms with Crippen LogP contribution in [0.1, 0.15) is 11.4 Å². The first-order chi connectivity index (χ1) is 12.3. The third-order valence-corrected chi connectivity index (χ3v) is 6.89. The minimum absolute atomic E-state index is 0.0781. The molecule has 0 bridgehead atoms. The lowest BCUT2D eigenvalue weighted by Gasteiger charge is -2.10. The molecule has 1 aromatic carbocycles. The molecule has 0 fully saturated rings. The quantitative estimate of drug-likeness (QED) is 0.613. The van der Waals surface area contributed by atoms with Crippen molar-refractivity contribution >= 4 is 50.2 Å². The molecule has 10 heteroatoms. The van der Waals surface area contributed by atoms with E-state index in [2.05, 4.69) is 9.82 Å². The fourth-order valence-electron chi connectivity index (χ4n) is 2.29. The molecule has 26 heavy (non-hydrogen) atoms. The molecule has 0 aliphatic rings. The van der Waals surface area contributed by atoms with Gasteiger partial charge in [-0.25, -0.2) is 13.1 Å². The number of halogens is 2. The molecule has 0 saturated carbocycles. The van der Waals surface area contributed by atoms with E-state index in [0.29, 0.717) is 32.9 Å². The highest BCUT2D eigenvalue weighted by molar-refractivity contribution is 7.94. The Kier molecular flexibility index (Phi) is 5.47. The summed E-state index contributed by atoms with van der Waals surface area (Å²) in [6.07, 6.45) is 0. The van der Waals surface area contributed by atoms with Gasteiger partial charge in [0.15, 0.2) is 6.73 Å². The largest absolute Gasteiger partial charge is 0.470 e. The van der Waals surface area contributed by atoms with Gasteiger partial charge in [0.25, 0.3) is 10.0 Å². The number of aryl methyl sites for hydroxylation is 1. The van der Waals surface area contributed by atoms with Crippen LogP contribution in [0.15, 0.2) is 39.9 Å². The van der Waals surface area contributed by atoms with Crippen LogP contribution in [0.5, 0.6) is 5.75 Å². The van der Waals surface area contributed by atoms with Crippen molar-refractivity contribution in [2.45, 2.75) is 24.8 Å². The van der Waals surface area contributed by atoms with E-state index in [1.165, 1.54) is 0 Å². The third-order valence-electron chi connectivity index (χ3n) is 3.61. The van der Waals surface area contributed by atoms with E-state index in [1.807, 2.05) is 0 Å². The smallest absolute Gasteiger partial charge is 0.271 e. The minimum atomic E-state index is -3.64. The number of sulfonamides is 1. The molecule has 3 aromatic rings. The van der Waals surface area contributed by atoms with Crippen molar-refractivity contribution < 1.29 is 13.2 Å². The molecule has 0 amide bonds. The first kappa shape index (κ1) is 19.0. The third kappa shape index (κ3) is 3.98. The number of ether oxygens (including phenoxy) is 1. The van der Waals surface area contributed by atoms with Gasteiger partial charge in [0, 0.05) is 5.02 Å². The monoisotopic (exact) mass is 431 g/mol. The Hall–Kier alpha value is -1.74. The number of nitrogens with one attached hydrogen (secondary N) is 1. The Bertz CT molecular complexity index is 1030. The molecular formula is C16H15Cl2N3O3S2. The van der Waals surface area contributed by atoms with Gasteiger partial charge in [0.05, 0.1) is 22.1 Å². The summed E-state index contributed by atoms with van der Waals surface area (Å²) in [5.74, 6) is 0.462. The fourth-order valence-corrected chi connectivity index (χ4v) is 4.93. The summed E-state index contributed by atoms with van der Waals surface area (Å²) in [6, 6.07) is 8.15. The van der Waals surface area contributed by atoms with Gasteiger partial charge >= 0.3 is 0 Å². The zero-order valence-electron chi connectivity index (χ0n) is 13.9. The summed E-state index contributed by atoms with van der Waals surface area (Å²) >= 11 is 13.1. The molecule has 3 rings (SSSR count). The Morgan fingerprint density at radius 3 is 2.69 bits per heavy atom. The Balaban J connectivity index is 1.80. The molecule has 2 heterocycles. The number of nitrogens with zero attached hydrogens (tertiary/aromatic N) is 2. The van der Waals surface area contributed by atoms with Crippen molar-refractivity contribution in [3.8, 4) is 5.75 Å². The lowest BCUT2D eigenvalue weighted by atomic mass is 10.3. The van der Waals surface area contributed by atoms with Crippen LogP contribution in [0.3, 0.4) is 0 Å². The first-order valence-electron chi connectivity index (χ1n) is 7.46. The topological polar surface area (TPSA) is 73.2 Å². The van der Waals surface area contributed by atoms with Gasteiger partial charge < -0.3 is 4.74 Å². The fraction of sp³-hybridized carbons (Fsp3) is 0.188. The predicted octanol–water partition coefficient (Wildman–Crippen LogP) is 4.71. The summed E-state index contributed by atoms with van der Waals surface area (Å²) in [7, 11) is -3.64. The highest BCUT2D eigenvalue weighted by Crippen LogP contribution is 2.29. The van der Waals surface area contributed by atoms with Gasteiger partial charge in [-0.3, -0.25) is 4.72 Å². The normalized spacial score (nSPS) is 11.5. The number of anilines is 1. The molecule has 0 atom stereocenters. The molecule has 2 aromatic heterocycles. The van der Waals surface area contributed by atoms with E-state index in [4.69, 9.17) is 27.9 Å². The van der Waals surface area contributed by atoms with Crippen molar-refractivity contribution in [3.05, 3.63) is 57.1 Å². The average molecular weight is 432 g/mol. The molecule has 0 spiro atoms. The number of thiophene rings is 1. The highest BCUT2D eigenvalue weighted by Gasteiger charge is 2.21. The van der Waals surface area contributed by atoms with E-state index in [1.54, 1.807) is 54.2 Å². The first-order valence-corrected chi connectivity index (χ1v) is 10.6. The molecule has 1 N–H and O–H groups in total. The predicted molar refractivity (Wildman–Crippen MR) is 104 cm³/mol. The van der Waals surface area contributed by atoms with Crippen LogP contribution in [-0.4, -0.2) is 18.2 Å². The van der Waals surface area contributed by atoms with E-state index < -0.39 is 10.0 Å². The molecule has 0 saturated heterocycles. The van der Waals surface area contributed by atoms with Crippen LogP contribution in [0.25, 0.3) is 0 Å². The summed E-state index contributed by atoms with van der Waals surface area (Å²) in [4.78, 5) is 0. The zero-order chi connectivity index (χ0) is 18.9. The van der Waals surface area contributed by atoms with Crippen molar-refractivity contribution in [1.29, 1.82) is 0 Å². The molecule has 6 nitrogen and oxygen atoms in total. The van der Waals surface area contributed by atoms with E-state index in [-0.39, 0.29) is 10.9 Å². The minimum Gasteiger partial charge on any atom is -0.470 e. The zero-order valence-corrected chi connectivity index (χ0v) is 17.0. The second-order valence-electron chi connectivity index (χ2n) is 5.43. The number of aromatic nitrogens is 2. The van der Waals surface area contributed by atoms with Crippen molar-refractivity contribution in [3.63, 3.8) is 0 Å². The highest BCUT2D eigenvalue weighted by atomic mass is 35.5. The van der Waals surface area contributed by atoms with Crippen LogP contribution in [0, 0.1) is 13.8 Å². The maximum atomic E-state index is 12.4. The van der Waals surface area contributed by atoms with Crippen LogP contribution >= 0.6 is 34.5 Å². The van der Waals surface area contributed by atoms with Crippen molar-refractivity contribution in [2.75, 3.05) is 4.72 Å². The molecule has 138 valence electrons. The Morgan fingerprint density at radius 1 is 1.27 bits per heavy atom. The lowest BCUT2D eigenvalue weighted by molar-refractivity contribution is 0.218. The van der Waals surface area contributed by atoms with E-state index in [9.17, 15) is 8.42 Å². The van der Waals surface area contributed by atoms with Crippen LogP contribution in [-0.2, 0) is 16.8 Å². The van der Waals surface area contributed by atoms with Crippen molar-refractivity contribution in [1.82, 2.24) is 9.78 Å². The number of hydrogen-bond acceptors (Lipinski definition) is 5. The molecular weight excluding hydrogens is 417 g/mol. The van der Waals surface area contributed by atoms with Gasteiger partial charge in [-0.1, -0.05) is 29.3 Å². The van der Waals surface area contributed by atoms with Gasteiger partial charge in [-0.15, -0.1) is 11.3 Å². The molecule has 0 aliphatic carbocycles. The van der Waals surface area contributed by atoms with Gasteiger partial charge in [-0.2, -0.15) is 5.10 Å². The summed E-state index contributed by atoms with van der Waals surface area (Å²) in [5.41, 5.74) is 1.62. The number of hydrogen-bond donors (Lipinski definition) is 1. The summed E-state index contributed by atoms with van der Waals surface area (Å²) < 4.78 is 34.9. The lowest BCUT2D eigenvalue weighted by Crippen LogP contribution is -2.13. The average Bonchev–Trinajstić information content (AvgIpc) is 3.19. The molecule has 0 aliphatic heterocycles. The standard InChI is InChI=1S/C16H15Cl2N3O3S2/c1-10-16(20-26(22,23)15-4-3-7-25-15)11(2)21(19-10)9-24-14-6-5-12(17)8-13(14)18/h3-8,20H,9H2,1-2H3. The van der Waals surface area contributed by atoms with Gasteiger partial charge in [0.1, 0.15) is 9.96 Å². The second-order valence-corrected chi connectivity index (χ2v) is 9.13. The maximum absolute atomic E-state index is 12.4. The van der Waals surface area contributed by atoms with Gasteiger partial charge in [0.2, 0.25) is 0 Å². The van der Waals surface area contributed by atoms with Crippen LogP contribution in [0.4, 0.5) is 5.69 Å². The van der Waals surface area contributed by atoms with Crippen molar-refractivity contribution in [2.24, 2.45) is 0 Å². The molecule has 0 radical (unpaired) electrons. The van der Waals surface area contributed by atoms with Crippen LogP contribution < -0.4 is 9.46 Å². The molecule has 0 unspecified atom stereocenters. The maximum Gasteiger partial charge on any atom is 0.271 e. The number of benzene rings is 1. The second kappa shape index (κ2) is 7.48. The van der Waals surface area contributed by atoms with E-state index >= 15 is 0 Å². The van der Waals surface area contributed by atoms with Crippen LogP contribution in [0.2, 0.25) is 10.0 Å². The van der Waals surface area contributed by atoms with Gasteiger partial charge in [-0.05, 0) is 43.5 Å².